The molecule has 6 heteroatoms. The van der Waals surface area contributed by atoms with E-state index in [4.69, 9.17) is 5.11 Å². The van der Waals surface area contributed by atoms with Crippen molar-refractivity contribution in [1.82, 2.24) is 4.72 Å². The minimum absolute atomic E-state index is 0.354. The maximum absolute atomic E-state index is 11.3. The van der Waals surface area contributed by atoms with Crippen LogP contribution in [0.4, 0.5) is 0 Å². The molecule has 1 aliphatic carbocycles. The fraction of sp³-hybridized carbons (Fsp3) is 0.900. The van der Waals surface area contributed by atoms with Crippen molar-refractivity contribution in [2.45, 2.75) is 32.6 Å². The van der Waals surface area contributed by atoms with E-state index in [1.165, 1.54) is 6.42 Å². The lowest BCUT2D eigenvalue weighted by Crippen LogP contribution is -2.35. The molecule has 0 radical (unpaired) electrons. The Kier molecular flexibility index (Phi) is 4.73. The largest absolute Gasteiger partial charge is 0.480 e. The molecule has 5 nitrogen and oxygen atoms in total. The first-order valence-electron chi connectivity index (χ1n) is 5.58. The molecule has 0 saturated heterocycles. The number of carboxylic acids is 1. The Hall–Kier alpha value is -0.620. The molecule has 0 amide bonds. The lowest BCUT2D eigenvalue weighted by atomic mass is 9.83. The Balaban J connectivity index is 2.36. The van der Waals surface area contributed by atoms with Gasteiger partial charge in [-0.05, 0) is 24.7 Å². The van der Waals surface area contributed by atoms with Gasteiger partial charge in [-0.2, -0.15) is 0 Å². The molecule has 0 heterocycles. The molecule has 0 spiro atoms. The minimum Gasteiger partial charge on any atom is -0.480 e. The molecule has 0 aromatic heterocycles. The van der Waals surface area contributed by atoms with Crippen LogP contribution in [0.3, 0.4) is 0 Å². The lowest BCUT2D eigenvalue weighted by Gasteiger charge is -2.26. The Morgan fingerprint density at radius 3 is 2.69 bits per heavy atom. The van der Waals surface area contributed by atoms with Crippen LogP contribution in [-0.4, -0.2) is 31.8 Å². The molecule has 0 aromatic carbocycles. The molecule has 2 atom stereocenters. The Morgan fingerprint density at radius 1 is 1.44 bits per heavy atom. The van der Waals surface area contributed by atoms with Gasteiger partial charge in [-0.1, -0.05) is 19.8 Å². The van der Waals surface area contributed by atoms with Gasteiger partial charge in [-0.3, -0.25) is 4.79 Å². The molecule has 0 aliphatic heterocycles. The number of aliphatic carboxylic acids is 1. The molecule has 0 aromatic rings. The smallest absolute Gasteiger partial charge is 0.320 e. The zero-order valence-electron chi connectivity index (χ0n) is 9.48. The second-order valence-corrected chi connectivity index (χ2v) is 6.45. The lowest BCUT2D eigenvalue weighted by molar-refractivity contribution is -0.134. The third-order valence-electron chi connectivity index (χ3n) is 2.95. The van der Waals surface area contributed by atoms with Crippen molar-refractivity contribution in [2.24, 2.45) is 11.8 Å². The molecule has 1 rings (SSSR count). The van der Waals surface area contributed by atoms with Gasteiger partial charge < -0.3 is 5.11 Å². The van der Waals surface area contributed by atoms with E-state index in [1.807, 2.05) is 0 Å². The second kappa shape index (κ2) is 5.63. The number of carboxylic acid groups (broad SMARTS) is 1. The second-order valence-electron chi connectivity index (χ2n) is 4.64. The first-order valence-corrected chi connectivity index (χ1v) is 7.23. The first kappa shape index (κ1) is 13.4. The first-order chi connectivity index (χ1) is 7.39. The molecule has 1 saturated carbocycles. The summed E-state index contributed by atoms with van der Waals surface area (Å²) in [5.41, 5.74) is 0. The number of hydrogen-bond donors (Lipinski definition) is 2. The normalized spacial score (nSPS) is 26.6. The fourth-order valence-corrected chi connectivity index (χ4v) is 3.12. The predicted molar refractivity (Wildman–Crippen MR) is 60.5 cm³/mol. The highest BCUT2D eigenvalue weighted by Gasteiger charge is 2.22. The van der Waals surface area contributed by atoms with Crippen LogP contribution in [0, 0.1) is 11.8 Å². The van der Waals surface area contributed by atoms with Crippen molar-refractivity contribution >= 4 is 16.0 Å². The van der Waals surface area contributed by atoms with Gasteiger partial charge in [-0.15, -0.1) is 0 Å². The van der Waals surface area contributed by atoms with Crippen LogP contribution in [0.1, 0.15) is 32.6 Å². The van der Waals surface area contributed by atoms with Gasteiger partial charge in [-0.25, -0.2) is 13.1 Å². The number of hydrogen-bond acceptors (Lipinski definition) is 3. The topological polar surface area (TPSA) is 83.5 Å². The van der Waals surface area contributed by atoms with Crippen molar-refractivity contribution in [3.63, 3.8) is 0 Å². The Labute approximate surface area is 96.3 Å². The summed E-state index contributed by atoms with van der Waals surface area (Å²) < 4.78 is 24.9. The quantitative estimate of drug-likeness (QED) is 0.755. The van der Waals surface area contributed by atoms with Crippen LogP contribution >= 0.6 is 0 Å². The summed E-state index contributed by atoms with van der Waals surface area (Å²) in [4.78, 5) is 10.3. The van der Waals surface area contributed by atoms with Gasteiger partial charge in [0.25, 0.3) is 0 Å². The van der Waals surface area contributed by atoms with Crippen molar-refractivity contribution in [3.05, 3.63) is 0 Å². The Morgan fingerprint density at radius 2 is 2.12 bits per heavy atom. The summed E-state index contributed by atoms with van der Waals surface area (Å²) in [6.07, 6.45) is 4.39. The standard InChI is InChI=1S/C10H19NO4S/c1-8-3-2-4-9(5-8)6-11-16(14,15)7-10(12)13/h8-9,11H,2-7H2,1H3,(H,12,13). The summed E-state index contributed by atoms with van der Waals surface area (Å²) in [7, 11) is -3.65. The predicted octanol–water partition coefficient (Wildman–Crippen LogP) is 0.817. The van der Waals surface area contributed by atoms with Crippen molar-refractivity contribution < 1.29 is 18.3 Å². The Bertz CT molecular complexity index is 339. The number of rotatable bonds is 5. The molecule has 16 heavy (non-hydrogen) atoms. The zero-order chi connectivity index (χ0) is 12.2. The van der Waals surface area contributed by atoms with Gasteiger partial charge in [0, 0.05) is 6.54 Å². The van der Waals surface area contributed by atoms with Gasteiger partial charge in [0.1, 0.15) is 0 Å². The molecule has 0 bridgehead atoms. The highest BCUT2D eigenvalue weighted by Crippen LogP contribution is 2.27. The number of carbonyl (C=O) groups is 1. The monoisotopic (exact) mass is 249 g/mol. The van der Waals surface area contributed by atoms with Crippen LogP contribution in [0.15, 0.2) is 0 Å². The maximum Gasteiger partial charge on any atom is 0.320 e. The van der Waals surface area contributed by atoms with Crippen molar-refractivity contribution in [2.75, 3.05) is 12.3 Å². The average molecular weight is 249 g/mol. The molecule has 2 N–H and O–H groups in total. The molecular weight excluding hydrogens is 230 g/mol. The van der Waals surface area contributed by atoms with E-state index in [-0.39, 0.29) is 0 Å². The third-order valence-corrected chi connectivity index (χ3v) is 4.18. The molecule has 94 valence electrons. The van der Waals surface area contributed by atoms with Crippen LogP contribution in [0.5, 0.6) is 0 Å². The molecule has 2 unspecified atom stereocenters. The van der Waals surface area contributed by atoms with E-state index in [0.717, 1.165) is 19.3 Å². The summed E-state index contributed by atoms with van der Waals surface area (Å²) in [5, 5.41) is 8.41. The highest BCUT2D eigenvalue weighted by molar-refractivity contribution is 7.90. The summed E-state index contributed by atoms with van der Waals surface area (Å²) in [6.45, 7) is 2.54. The van der Waals surface area contributed by atoms with E-state index in [0.29, 0.717) is 18.4 Å². The minimum atomic E-state index is -3.65. The zero-order valence-corrected chi connectivity index (χ0v) is 10.3. The van der Waals surface area contributed by atoms with E-state index in [2.05, 4.69) is 11.6 Å². The molecular formula is C10H19NO4S. The van der Waals surface area contributed by atoms with E-state index >= 15 is 0 Å². The number of nitrogens with one attached hydrogen (secondary N) is 1. The summed E-state index contributed by atoms with van der Waals surface area (Å²) in [5.74, 6) is -1.16. The maximum atomic E-state index is 11.3. The SMILES string of the molecule is CC1CCCC(CNS(=O)(=O)CC(=O)O)C1. The van der Waals surface area contributed by atoms with Crippen LogP contribution in [0.2, 0.25) is 0 Å². The van der Waals surface area contributed by atoms with Crippen LogP contribution < -0.4 is 4.72 Å². The van der Waals surface area contributed by atoms with E-state index < -0.39 is 21.7 Å². The van der Waals surface area contributed by atoms with Gasteiger partial charge in [0.05, 0.1) is 0 Å². The van der Waals surface area contributed by atoms with Gasteiger partial charge in [0.15, 0.2) is 5.75 Å². The fourth-order valence-electron chi connectivity index (χ4n) is 2.20. The summed E-state index contributed by atoms with van der Waals surface area (Å²) in [6, 6.07) is 0. The highest BCUT2D eigenvalue weighted by atomic mass is 32.2. The van der Waals surface area contributed by atoms with E-state index in [1.54, 1.807) is 0 Å². The average Bonchev–Trinajstić information content (AvgIpc) is 2.13. The summed E-state index contributed by atoms with van der Waals surface area (Å²) >= 11 is 0. The molecule has 1 aliphatic rings. The van der Waals surface area contributed by atoms with E-state index in [9.17, 15) is 13.2 Å². The van der Waals surface area contributed by atoms with Crippen LogP contribution in [-0.2, 0) is 14.8 Å². The number of sulfonamides is 1. The van der Waals surface area contributed by atoms with Crippen molar-refractivity contribution in [3.8, 4) is 0 Å². The molecule has 1 fully saturated rings. The van der Waals surface area contributed by atoms with Crippen LogP contribution in [0.25, 0.3) is 0 Å². The third kappa shape index (κ3) is 4.94. The van der Waals surface area contributed by atoms with Gasteiger partial charge >= 0.3 is 5.97 Å². The van der Waals surface area contributed by atoms with Gasteiger partial charge in [0.2, 0.25) is 10.0 Å². The van der Waals surface area contributed by atoms with Crippen molar-refractivity contribution in [1.29, 1.82) is 0 Å².